The number of carbonyl (C=O) groups is 4. The van der Waals surface area contributed by atoms with E-state index in [0.29, 0.717) is 25.1 Å². The average molecular weight is 846 g/mol. The van der Waals surface area contributed by atoms with E-state index in [0.717, 1.165) is 135 Å². The first-order valence-electron chi connectivity index (χ1n) is 25.7. The topological polar surface area (TPSA) is 114 Å². The van der Waals surface area contributed by atoms with Crippen molar-refractivity contribution in [1.82, 2.24) is 15.5 Å². The number of ether oxygens (including phenoxy) is 2. The highest BCUT2D eigenvalue weighted by Crippen LogP contribution is 2.19. The second-order valence-corrected chi connectivity index (χ2v) is 17.8. The molecule has 0 aliphatic carbocycles. The van der Waals surface area contributed by atoms with Gasteiger partial charge >= 0.3 is 11.9 Å². The van der Waals surface area contributed by atoms with Crippen LogP contribution in [-0.4, -0.2) is 67.0 Å². The smallest absolute Gasteiger partial charge is 0.306 e. The molecule has 9 nitrogen and oxygen atoms in total. The van der Waals surface area contributed by atoms with Crippen LogP contribution in [0.1, 0.15) is 252 Å². The van der Waals surface area contributed by atoms with Gasteiger partial charge in [0, 0.05) is 25.5 Å². The molecular formula is C51H95N3O6. The van der Waals surface area contributed by atoms with Gasteiger partial charge in [-0.05, 0) is 96.7 Å². The molecule has 1 atom stereocenters. The van der Waals surface area contributed by atoms with Gasteiger partial charge < -0.3 is 19.7 Å². The standard InChI is InChI=1S/C51H95N3O6/c1-5-9-12-15-20-27-35-45(8-4)59-49(56)38-30-23-18-25-32-41-54(43-34-40-52-47-44-48(55)53-51(47)58)42-33-26-19-24-31-39-50(57)60-46(36-28-21-16-13-10-6-2)37-29-22-17-14-11-7-3/h44-46H,5-43H2,1-4H3,(H2,52,53,55,58). The van der Waals surface area contributed by atoms with Crippen molar-refractivity contribution in [3.8, 4) is 0 Å². The molecule has 0 saturated carbocycles. The predicted molar refractivity (Wildman–Crippen MR) is 250 cm³/mol. The summed E-state index contributed by atoms with van der Waals surface area (Å²) in [6, 6.07) is 0. The van der Waals surface area contributed by atoms with Crippen LogP contribution in [0.4, 0.5) is 0 Å². The van der Waals surface area contributed by atoms with E-state index in [2.05, 4.69) is 43.2 Å². The van der Waals surface area contributed by atoms with Crippen LogP contribution in [0.25, 0.3) is 0 Å². The molecule has 1 aliphatic rings. The lowest BCUT2D eigenvalue weighted by Crippen LogP contribution is -2.31. The lowest BCUT2D eigenvalue weighted by molar-refractivity contribution is -0.150. The van der Waals surface area contributed by atoms with Gasteiger partial charge in [0.05, 0.1) is 0 Å². The van der Waals surface area contributed by atoms with E-state index in [-0.39, 0.29) is 36.0 Å². The van der Waals surface area contributed by atoms with Gasteiger partial charge in [-0.15, -0.1) is 0 Å². The fraction of sp³-hybridized carbons (Fsp3) is 0.882. The fourth-order valence-electron chi connectivity index (χ4n) is 8.23. The quantitative estimate of drug-likeness (QED) is 0.0354. The van der Waals surface area contributed by atoms with Crippen molar-refractivity contribution >= 4 is 23.8 Å². The summed E-state index contributed by atoms with van der Waals surface area (Å²) < 4.78 is 11.9. The zero-order valence-corrected chi connectivity index (χ0v) is 39.7. The first-order chi connectivity index (χ1) is 29.3. The van der Waals surface area contributed by atoms with Gasteiger partial charge in [0.15, 0.2) is 0 Å². The van der Waals surface area contributed by atoms with Crippen LogP contribution in [0.3, 0.4) is 0 Å². The maximum absolute atomic E-state index is 12.9. The van der Waals surface area contributed by atoms with Crippen molar-refractivity contribution in [2.45, 2.75) is 265 Å². The summed E-state index contributed by atoms with van der Waals surface area (Å²) in [5.74, 6) is -0.745. The van der Waals surface area contributed by atoms with Crippen LogP contribution in [0, 0.1) is 0 Å². The predicted octanol–water partition coefficient (Wildman–Crippen LogP) is 13.0. The molecule has 0 aromatic carbocycles. The Labute approximate surface area is 369 Å². The van der Waals surface area contributed by atoms with Crippen LogP contribution in [0.5, 0.6) is 0 Å². The molecular weight excluding hydrogens is 751 g/mol. The molecule has 350 valence electrons. The third kappa shape index (κ3) is 33.2. The minimum atomic E-state index is -0.359. The normalized spacial score (nSPS) is 13.3. The van der Waals surface area contributed by atoms with Gasteiger partial charge in [-0.3, -0.25) is 24.5 Å². The van der Waals surface area contributed by atoms with Crippen LogP contribution >= 0.6 is 0 Å². The molecule has 2 amide bonds. The molecule has 0 aromatic heterocycles. The summed E-state index contributed by atoms with van der Waals surface area (Å²) in [5.41, 5.74) is 0.355. The summed E-state index contributed by atoms with van der Waals surface area (Å²) >= 11 is 0. The minimum Gasteiger partial charge on any atom is -0.462 e. The Morgan fingerprint density at radius 1 is 0.517 bits per heavy atom. The molecule has 1 heterocycles. The number of carbonyl (C=O) groups excluding carboxylic acids is 4. The number of unbranched alkanes of at least 4 members (excludes halogenated alkanes) is 23. The molecule has 1 rings (SSSR count). The minimum absolute atomic E-state index is 0.00386. The zero-order chi connectivity index (χ0) is 43.7. The molecule has 0 radical (unpaired) electrons. The fourth-order valence-corrected chi connectivity index (χ4v) is 8.23. The van der Waals surface area contributed by atoms with E-state index in [1.54, 1.807) is 0 Å². The van der Waals surface area contributed by atoms with Crippen LogP contribution in [0.2, 0.25) is 0 Å². The highest BCUT2D eigenvalue weighted by molar-refractivity contribution is 6.15. The van der Waals surface area contributed by atoms with Crippen LogP contribution < -0.4 is 10.6 Å². The maximum atomic E-state index is 12.9. The van der Waals surface area contributed by atoms with Gasteiger partial charge in [-0.2, -0.15) is 0 Å². The number of amides is 2. The summed E-state index contributed by atoms with van der Waals surface area (Å²) in [7, 11) is 0. The maximum Gasteiger partial charge on any atom is 0.306 e. The number of nitrogens with one attached hydrogen (secondary N) is 2. The van der Waals surface area contributed by atoms with Crippen molar-refractivity contribution in [2.75, 3.05) is 26.2 Å². The van der Waals surface area contributed by atoms with Crippen molar-refractivity contribution < 1.29 is 28.7 Å². The molecule has 9 heteroatoms. The average Bonchev–Trinajstić information content (AvgIpc) is 3.56. The Bertz CT molecular complexity index is 1080. The molecule has 1 aliphatic heterocycles. The molecule has 60 heavy (non-hydrogen) atoms. The number of imide groups is 1. The van der Waals surface area contributed by atoms with Crippen molar-refractivity contribution in [3.05, 3.63) is 11.8 Å². The number of rotatable bonds is 45. The Hall–Kier alpha value is -2.42. The van der Waals surface area contributed by atoms with E-state index in [9.17, 15) is 19.2 Å². The van der Waals surface area contributed by atoms with Gasteiger partial charge in [-0.25, -0.2) is 0 Å². The second kappa shape index (κ2) is 40.6. The third-order valence-electron chi connectivity index (χ3n) is 12.1. The molecule has 1 unspecified atom stereocenters. The molecule has 0 bridgehead atoms. The Morgan fingerprint density at radius 3 is 1.33 bits per heavy atom. The first kappa shape index (κ1) is 55.6. The summed E-state index contributed by atoms with van der Waals surface area (Å²) in [6.45, 7) is 12.5. The Balaban J connectivity index is 2.37. The van der Waals surface area contributed by atoms with E-state index < -0.39 is 0 Å². The van der Waals surface area contributed by atoms with Gasteiger partial charge in [-0.1, -0.05) is 163 Å². The molecule has 0 saturated heterocycles. The van der Waals surface area contributed by atoms with Gasteiger partial charge in [0.2, 0.25) is 0 Å². The summed E-state index contributed by atoms with van der Waals surface area (Å²) in [6.07, 6.45) is 40.8. The molecule has 0 spiro atoms. The SMILES string of the molecule is CCCCCCCCC(CC)OC(=O)CCCCCCCN(CCCCCCCC(=O)OC(CCCCCCCC)CCCCCCCC)CCCNC1=CC(=O)NC1=O. The van der Waals surface area contributed by atoms with E-state index >= 15 is 0 Å². The highest BCUT2D eigenvalue weighted by atomic mass is 16.5. The number of hydrogen-bond acceptors (Lipinski definition) is 8. The zero-order valence-electron chi connectivity index (χ0n) is 39.7. The highest BCUT2D eigenvalue weighted by Gasteiger charge is 2.20. The summed E-state index contributed by atoms with van der Waals surface area (Å²) in [5, 5.41) is 5.42. The van der Waals surface area contributed by atoms with E-state index in [4.69, 9.17) is 9.47 Å². The molecule has 0 fully saturated rings. The molecule has 0 aromatic rings. The van der Waals surface area contributed by atoms with Crippen molar-refractivity contribution in [2.24, 2.45) is 0 Å². The van der Waals surface area contributed by atoms with Crippen LogP contribution in [0.15, 0.2) is 11.8 Å². The number of esters is 2. The molecule has 2 N–H and O–H groups in total. The van der Waals surface area contributed by atoms with Crippen molar-refractivity contribution in [1.29, 1.82) is 0 Å². The van der Waals surface area contributed by atoms with Gasteiger partial charge in [0.1, 0.15) is 17.9 Å². The lowest BCUT2D eigenvalue weighted by Gasteiger charge is -2.22. The first-order valence-corrected chi connectivity index (χ1v) is 25.7. The Morgan fingerprint density at radius 2 is 0.900 bits per heavy atom. The van der Waals surface area contributed by atoms with Gasteiger partial charge in [0.25, 0.3) is 11.8 Å². The summed E-state index contributed by atoms with van der Waals surface area (Å²) in [4.78, 5) is 51.3. The van der Waals surface area contributed by atoms with E-state index in [1.807, 2.05) is 0 Å². The second-order valence-electron chi connectivity index (χ2n) is 17.8. The largest absolute Gasteiger partial charge is 0.462 e. The third-order valence-corrected chi connectivity index (χ3v) is 12.1. The van der Waals surface area contributed by atoms with Crippen LogP contribution in [-0.2, 0) is 28.7 Å². The van der Waals surface area contributed by atoms with Crippen molar-refractivity contribution in [3.63, 3.8) is 0 Å². The Kier molecular flexibility index (Phi) is 37.7. The van der Waals surface area contributed by atoms with E-state index in [1.165, 1.54) is 102 Å². The number of nitrogens with zero attached hydrogens (tertiary/aromatic N) is 1. The number of hydrogen-bond donors (Lipinski definition) is 2. The monoisotopic (exact) mass is 846 g/mol. The lowest BCUT2D eigenvalue weighted by atomic mass is 10.0.